The van der Waals surface area contributed by atoms with Crippen molar-refractivity contribution in [2.45, 2.75) is 13.1 Å². The zero-order chi connectivity index (χ0) is 19.9. The van der Waals surface area contributed by atoms with Gasteiger partial charge in [-0.15, -0.1) is 0 Å². The lowest BCUT2D eigenvalue weighted by Gasteiger charge is -2.11. The third-order valence-electron chi connectivity index (χ3n) is 4.12. The van der Waals surface area contributed by atoms with Crippen LogP contribution in [-0.4, -0.2) is 19.5 Å². The fourth-order valence-electron chi connectivity index (χ4n) is 2.87. The van der Waals surface area contributed by atoms with Crippen LogP contribution in [0.15, 0.2) is 54.9 Å². The fraction of sp³-hybridized carbons (Fsp3) is 0.105. The number of aromatic nitrogens is 4. The first kappa shape index (κ1) is 18.2. The fourth-order valence-corrected chi connectivity index (χ4v) is 3.04. The second-order valence-corrected chi connectivity index (χ2v) is 6.53. The van der Waals surface area contributed by atoms with Gasteiger partial charge in [0.2, 0.25) is 0 Å². The molecular weight excluding hydrogens is 391 g/mol. The van der Waals surface area contributed by atoms with E-state index in [1.54, 1.807) is 18.3 Å². The highest BCUT2D eigenvalue weighted by Gasteiger charge is 2.29. The maximum absolute atomic E-state index is 12.7. The van der Waals surface area contributed by atoms with Crippen molar-refractivity contribution < 1.29 is 13.2 Å². The van der Waals surface area contributed by atoms with Crippen LogP contribution in [0, 0.1) is 6.92 Å². The molecule has 0 saturated carbocycles. The van der Waals surface area contributed by atoms with Crippen LogP contribution < -0.4 is 5.32 Å². The third-order valence-corrected chi connectivity index (χ3v) is 4.35. The number of alkyl halides is 3. The summed E-state index contributed by atoms with van der Waals surface area (Å²) in [5.74, 6) is 1.61. The van der Waals surface area contributed by atoms with Crippen molar-refractivity contribution in [2.24, 2.45) is 0 Å². The van der Waals surface area contributed by atoms with E-state index in [-0.39, 0.29) is 0 Å². The largest absolute Gasteiger partial charge is 0.416 e. The molecule has 0 aliphatic carbocycles. The van der Waals surface area contributed by atoms with E-state index in [0.29, 0.717) is 28.2 Å². The van der Waals surface area contributed by atoms with Gasteiger partial charge in [0.15, 0.2) is 11.6 Å². The van der Waals surface area contributed by atoms with E-state index in [4.69, 9.17) is 11.6 Å². The van der Waals surface area contributed by atoms with Crippen LogP contribution in [0.5, 0.6) is 0 Å². The number of hydrogen-bond acceptors (Lipinski definition) is 4. The van der Waals surface area contributed by atoms with Crippen LogP contribution in [0.25, 0.3) is 16.9 Å². The number of halogens is 4. The number of aryl methyl sites for hydroxylation is 1. The molecule has 142 valence electrons. The topological polar surface area (TPSA) is 55.6 Å². The molecule has 28 heavy (non-hydrogen) atoms. The lowest BCUT2D eigenvalue weighted by Crippen LogP contribution is -2.05. The predicted molar refractivity (Wildman–Crippen MR) is 101 cm³/mol. The average molecular weight is 404 g/mol. The molecule has 5 nitrogen and oxygen atoms in total. The number of hydrogen-bond donors (Lipinski definition) is 1. The van der Waals surface area contributed by atoms with Gasteiger partial charge in [0.05, 0.1) is 29.0 Å². The molecular formula is C19H13ClF3N5. The Balaban J connectivity index is 1.67. The summed E-state index contributed by atoms with van der Waals surface area (Å²) in [6, 6.07) is 10.1. The number of anilines is 2. The molecule has 9 heteroatoms. The van der Waals surface area contributed by atoms with E-state index in [2.05, 4.69) is 20.3 Å². The maximum Gasteiger partial charge on any atom is 0.416 e. The molecule has 0 spiro atoms. The highest BCUT2D eigenvalue weighted by atomic mass is 35.5. The zero-order valence-electron chi connectivity index (χ0n) is 14.5. The Morgan fingerprint density at radius 1 is 1.00 bits per heavy atom. The average Bonchev–Trinajstić information content (AvgIpc) is 2.96. The SMILES string of the molecule is Cc1nc2ccc(Cl)cc2n1-c1cncc(Nc2ccc(C(F)(F)F)cc2)n1. The van der Waals surface area contributed by atoms with Gasteiger partial charge in [-0.05, 0) is 49.4 Å². The highest BCUT2D eigenvalue weighted by molar-refractivity contribution is 6.31. The number of nitrogens with zero attached hydrogens (tertiary/aromatic N) is 4. The minimum atomic E-state index is -4.38. The van der Waals surface area contributed by atoms with Crippen LogP contribution in [0.1, 0.15) is 11.4 Å². The Kier molecular flexibility index (Phi) is 4.43. The smallest absolute Gasteiger partial charge is 0.339 e. The number of nitrogens with one attached hydrogen (secondary N) is 1. The summed E-state index contributed by atoms with van der Waals surface area (Å²) in [6.45, 7) is 1.84. The number of imidazole rings is 1. The van der Waals surface area contributed by atoms with Crippen molar-refractivity contribution in [3.05, 3.63) is 71.3 Å². The van der Waals surface area contributed by atoms with E-state index in [0.717, 1.165) is 23.2 Å². The van der Waals surface area contributed by atoms with Crippen LogP contribution in [0.4, 0.5) is 24.7 Å². The molecule has 0 fully saturated rings. The molecule has 0 aliphatic rings. The lowest BCUT2D eigenvalue weighted by molar-refractivity contribution is -0.137. The van der Waals surface area contributed by atoms with Crippen LogP contribution in [-0.2, 0) is 6.18 Å². The quantitative estimate of drug-likeness (QED) is 0.488. The molecule has 0 aliphatic heterocycles. The Morgan fingerprint density at radius 3 is 2.46 bits per heavy atom. The summed E-state index contributed by atoms with van der Waals surface area (Å²) in [7, 11) is 0. The van der Waals surface area contributed by atoms with E-state index >= 15 is 0 Å². The molecule has 0 amide bonds. The summed E-state index contributed by atoms with van der Waals surface area (Å²) in [6.07, 6.45) is -1.31. The molecule has 0 atom stereocenters. The molecule has 0 saturated heterocycles. The van der Waals surface area contributed by atoms with Gasteiger partial charge in [0.25, 0.3) is 0 Å². The van der Waals surface area contributed by atoms with Gasteiger partial charge in [-0.3, -0.25) is 9.55 Å². The van der Waals surface area contributed by atoms with Crippen LogP contribution >= 0.6 is 11.6 Å². The highest BCUT2D eigenvalue weighted by Crippen LogP contribution is 2.30. The first-order chi connectivity index (χ1) is 13.3. The Morgan fingerprint density at radius 2 is 1.75 bits per heavy atom. The number of rotatable bonds is 3. The summed E-state index contributed by atoms with van der Waals surface area (Å²) in [5.41, 5.74) is 1.31. The van der Waals surface area contributed by atoms with Crippen molar-refractivity contribution in [2.75, 3.05) is 5.32 Å². The second-order valence-electron chi connectivity index (χ2n) is 6.09. The standard InChI is InChI=1S/C19H13ClF3N5/c1-11-25-15-7-4-13(20)8-16(15)28(11)18-10-24-9-17(27-18)26-14-5-2-12(3-6-14)19(21,22)23/h2-10H,1H3,(H,26,27). The molecule has 4 rings (SSSR count). The number of fused-ring (bicyclic) bond motifs is 1. The third kappa shape index (κ3) is 3.50. The minimum Gasteiger partial charge on any atom is -0.339 e. The maximum atomic E-state index is 12.7. The van der Waals surface area contributed by atoms with Gasteiger partial charge in [0.1, 0.15) is 5.82 Å². The predicted octanol–water partition coefficient (Wildman–Crippen LogP) is 5.54. The van der Waals surface area contributed by atoms with Crippen molar-refractivity contribution in [1.29, 1.82) is 0 Å². The zero-order valence-corrected chi connectivity index (χ0v) is 15.3. The van der Waals surface area contributed by atoms with E-state index in [1.807, 2.05) is 17.6 Å². The van der Waals surface area contributed by atoms with Crippen molar-refractivity contribution >= 4 is 34.1 Å². The van der Waals surface area contributed by atoms with Crippen molar-refractivity contribution in [1.82, 2.24) is 19.5 Å². The molecule has 0 bridgehead atoms. The Bertz CT molecular complexity index is 1150. The Labute approximate surface area is 162 Å². The molecule has 4 aromatic rings. The second kappa shape index (κ2) is 6.79. The molecule has 2 aromatic heterocycles. The molecule has 2 aromatic carbocycles. The monoisotopic (exact) mass is 403 g/mol. The summed E-state index contributed by atoms with van der Waals surface area (Å²) >= 11 is 6.10. The van der Waals surface area contributed by atoms with Gasteiger partial charge in [0, 0.05) is 10.7 Å². The van der Waals surface area contributed by atoms with E-state index < -0.39 is 11.7 Å². The summed E-state index contributed by atoms with van der Waals surface area (Å²) < 4.78 is 39.9. The molecule has 0 unspecified atom stereocenters. The number of benzene rings is 2. The van der Waals surface area contributed by atoms with Gasteiger partial charge in [-0.2, -0.15) is 13.2 Å². The molecule has 2 heterocycles. The normalized spacial score (nSPS) is 11.8. The molecule has 1 N–H and O–H groups in total. The van der Waals surface area contributed by atoms with Crippen molar-refractivity contribution in [3.63, 3.8) is 0 Å². The van der Waals surface area contributed by atoms with Gasteiger partial charge in [-0.25, -0.2) is 9.97 Å². The van der Waals surface area contributed by atoms with Crippen LogP contribution in [0.3, 0.4) is 0 Å². The van der Waals surface area contributed by atoms with Crippen LogP contribution in [0.2, 0.25) is 5.02 Å². The summed E-state index contributed by atoms with van der Waals surface area (Å²) in [4.78, 5) is 13.2. The summed E-state index contributed by atoms with van der Waals surface area (Å²) in [5, 5.41) is 3.53. The lowest BCUT2D eigenvalue weighted by atomic mass is 10.2. The minimum absolute atomic E-state index is 0.389. The first-order valence-electron chi connectivity index (χ1n) is 8.22. The van der Waals surface area contributed by atoms with E-state index in [1.165, 1.54) is 18.3 Å². The van der Waals surface area contributed by atoms with E-state index in [9.17, 15) is 13.2 Å². The first-order valence-corrected chi connectivity index (χ1v) is 8.60. The van der Waals surface area contributed by atoms with Gasteiger partial charge in [-0.1, -0.05) is 11.6 Å². The van der Waals surface area contributed by atoms with Crippen molar-refractivity contribution in [3.8, 4) is 5.82 Å². The van der Waals surface area contributed by atoms with Gasteiger partial charge >= 0.3 is 6.18 Å². The molecule has 0 radical (unpaired) electrons. The van der Waals surface area contributed by atoms with Gasteiger partial charge < -0.3 is 5.32 Å². The Hall–Kier alpha value is -3.13.